The molecule has 0 aliphatic rings. The van der Waals surface area contributed by atoms with Gasteiger partial charge in [-0.1, -0.05) is 115 Å². The summed E-state index contributed by atoms with van der Waals surface area (Å²) in [4.78, 5) is 0. The standard InChI is InChI=1S/C61H35F2N5/c62-49-20-13-21-50(63)61(49)48-35-59(67-55-26-11-5-18-44(55)46-33-38(28-30-57(46)67)65-51-22-7-1-14-40(51)41-15-2-8-23-52(41)65)37(36-64)32-60(48)68-56-27-12-6-19-45(56)47-34-39(29-31-58(47)68)66-53-24-9-3-16-42(53)43-17-4-10-25-54(43)66/h1-35H. The molecule has 0 N–H and O–H groups in total. The van der Waals surface area contributed by atoms with Crippen LogP contribution in [0.25, 0.3) is 121 Å². The molecule has 0 bridgehead atoms. The maximum atomic E-state index is 16.5. The number of hydrogen-bond donors (Lipinski definition) is 0. The number of halogens is 2. The lowest BCUT2D eigenvalue weighted by molar-refractivity contribution is 0.589. The van der Waals surface area contributed by atoms with Gasteiger partial charge >= 0.3 is 0 Å². The van der Waals surface area contributed by atoms with E-state index in [1.54, 1.807) is 12.1 Å². The monoisotopic (exact) mass is 875 g/mol. The summed E-state index contributed by atoms with van der Waals surface area (Å²) in [6.45, 7) is 0. The molecule has 0 aliphatic carbocycles. The van der Waals surface area contributed by atoms with Crippen LogP contribution in [-0.2, 0) is 0 Å². The van der Waals surface area contributed by atoms with Gasteiger partial charge in [0.15, 0.2) is 0 Å². The summed E-state index contributed by atoms with van der Waals surface area (Å²) in [5.41, 5.74) is 11.3. The Morgan fingerprint density at radius 1 is 0.309 bits per heavy atom. The molecule has 68 heavy (non-hydrogen) atoms. The Balaban J connectivity index is 1.03. The van der Waals surface area contributed by atoms with Crippen LogP contribution in [0.2, 0.25) is 0 Å². The number of aromatic nitrogens is 4. The molecule has 10 aromatic carbocycles. The van der Waals surface area contributed by atoms with Crippen molar-refractivity contribution in [1.82, 2.24) is 18.3 Å². The molecular formula is C61H35F2N5. The van der Waals surface area contributed by atoms with Crippen LogP contribution in [0.5, 0.6) is 0 Å². The summed E-state index contributed by atoms with van der Waals surface area (Å²) in [5, 5.41) is 19.8. The van der Waals surface area contributed by atoms with Gasteiger partial charge in [-0.25, -0.2) is 8.78 Å². The minimum absolute atomic E-state index is 0.171. The lowest BCUT2D eigenvalue weighted by Gasteiger charge is -2.19. The Morgan fingerprint density at radius 2 is 0.647 bits per heavy atom. The molecule has 7 heteroatoms. The Bertz CT molecular complexity index is 4370. The van der Waals surface area contributed by atoms with E-state index in [9.17, 15) is 5.26 Å². The fourth-order valence-electron chi connectivity index (χ4n) is 11.1. The van der Waals surface area contributed by atoms with Gasteiger partial charge in [-0.3, -0.25) is 0 Å². The zero-order valence-corrected chi connectivity index (χ0v) is 36.2. The highest BCUT2D eigenvalue weighted by Gasteiger charge is 2.25. The van der Waals surface area contributed by atoms with Crippen LogP contribution in [0, 0.1) is 23.0 Å². The number of nitrogens with zero attached hydrogens (tertiary/aromatic N) is 5. The van der Waals surface area contributed by atoms with E-state index in [2.05, 4.69) is 170 Å². The SMILES string of the molecule is N#Cc1cc(-n2c3ccccc3c3cc(-n4c5ccccc5c5ccccc54)ccc32)c(-c2c(F)cccc2F)cc1-n1c2ccccc2c2cc(-n3c4ccccc4c4ccccc43)ccc21. The van der Waals surface area contributed by atoms with Gasteiger partial charge in [-0.2, -0.15) is 5.26 Å². The largest absolute Gasteiger partial charge is 0.309 e. The van der Waals surface area contributed by atoms with Crippen LogP contribution in [0.15, 0.2) is 212 Å². The van der Waals surface area contributed by atoms with Crippen LogP contribution in [0.1, 0.15) is 5.56 Å². The highest BCUT2D eigenvalue weighted by molar-refractivity contribution is 6.14. The number of hydrogen-bond acceptors (Lipinski definition) is 1. The van der Waals surface area contributed by atoms with Gasteiger partial charge in [-0.05, 0) is 97.1 Å². The molecule has 4 heterocycles. The van der Waals surface area contributed by atoms with Gasteiger partial charge in [0.05, 0.1) is 66.6 Å². The second kappa shape index (κ2) is 14.4. The molecule has 0 saturated carbocycles. The number of para-hydroxylation sites is 6. The molecule has 0 atom stereocenters. The van der Waals surface area contributed by atoms with Crippen molar-refractivity contribution in [2.45, 2.75) is 0 Å². The molecule has 14 aromatic rings. The normalized spacial score (nSPS) is 12.0. The van der Waals surface area contributed by atoms with Crippen molar-refractivity contribution in [2.75, 3.05) is 0 Å². The Labute approximate surface area is 387 Å². The van der Waals surface area contributed by atoms with Gasteiger partial charge < -0.3 is 18.3 Å². The van der Waals surface area contributed by atoms with Gasteiger partial charge in [0.2, 0.25) is 0 Å². The van der Waals surface area contributed by atoms with Crippen molar-refractivity contribution in [3.8, 4) is 39.9 Å². The maximum Gasteiger partial charge on any atom is 0.134 e. The third-order valence-corrected chi connectivity index (χ3v) is 13.9. The van der Waals surface area contributed by atoms with Crippen LogP contribution >= 0.6 is 0 Å². The minimum atomic E-state index is -0.700. The van der Waals surface area contributed by atoms with E-state index in [4.69, 9.17) is 0 Å². The number of fused-ring (bicyclic) bond motifs is 12. The first kappa shape index (κ1) is 38.1. The molecular weight excluding hydrogens is 841 g/mol. The fourth-order valence-corrected chi connectivity index (χ4v) is 11.1. The van der Waals surface area contributed by atoms with Crippen molar-refractivity contribution >= 4 is 87.2 Å². The summed E-state index contributed by atoms with van der Waals surface area (Å²) < 4.78 is 41.7. The summed E-state index contributed by atoms with van der Waals surface area (Å²) in [7, 11) is 0. The molecule has 0 amide bonds. The number of nitriles is 1. The topological polar surface area (TPSA) is 43.5 Å². The van der Waals surface area contributed by atoms with Crippen LogP contribution in [0.3, 0.4) is 0 Å². The molecule has 0 spiro atoms. The van der Waals surface area contributed by atoms with Gasteiger partial charge in [0, 0.05) is 60.0 Å². The summed E-state index contributed by atoms with van der Waals surface area (Å²) in [6.07, 6.45) is 0. The predicted octanol–water partition coefficient (Wildman–Crippen LogP) is 15.9. The van der Waals surface area contributed by atoms with Crippen LogP contribution in [0.4, 0.5) is 8.78 Å². The molecule has 0 aliphatic heterocycles. The first-order valence-electron chi connectivity index (χ1n) is 22.6. The van der Waals surface area contributed by atoms with Crippen molar-refractivity contribution in [1.29, 1.82) is 5.26 Å². The molecule has 0 saturated heterocycles. The predicted molar refractivity (Wildman–Crippen MR) is 274 cm³/mol. The van der Waals surface area contributed by atoms with Crippen molar-refractivity contribution in [3.05, 3.63) is 230 Å². The van der Waals surface area contributed by atoms with Crippen LogP contribution < -0.4 is 0 Å². The first-order valence-corrected chi connectivity index (χ1v) is 22.6. The third kappa shape index (κ3) is 5.28. The Hall–Kier alpha value is -9.25. The zero-order valence-electron chi connectivity index (χ0n) is 36.2. The second-order valence-electron chi connectivity index (χ2n) is 17.4. The molecule has 0 fully saturated rings. The van der Waals surface area contributed by atoms with Crippen molar-refractivity contribution in [2.24, 2.45) is 0 Å². The van der Waals surface area contributed by atoms with Crippen molar-refractivity contribution < 1.29 is 8.78 Å². The number of benzene rings is 10. The van der Waals surface area contributed by atoms with Gasteiger partial charge in [0.1, 0.15) is 17.7 Å². The summed E-state index contributed by atoms with van der Waals surface area (Å²) >= 11 is 0. The fraction of sp³-hybridized carbons (Fsp3) is 0. The molecule has 318 valence electrons. The second-order valence-corrected chi connectivity index (χ2v) is 17.4. The Kier molecular flexibility index (Phi) is 8.05. The highest BCUT2D eigenvalue weighted by atomic mass is 19.1. The van der Waals surface area contributed by atoms with E-state index in [-0.39, 0.29) is 5.56 Å². The summed E-state index contributed by atoms with van der Waals surface area (Å²) in [5.74, 6) is -1.40. The van der Waals surface area contributed by atoms with Crippen molar-refractivity contribution in [3.63, 3.8) is 0 Å². The minimum Gasteiger partial charge on any atom is -0.309 e. The van der Waals surface area contributed by atoms with Gasteiger partial charge in [0.25, 0.3) is 0 Å². The zero-order chi connectivity index (χ0) is 45.2. The average Bonchev–Trinajstić information content (AvgIpc) is 4.11. The quantitative estimate of drug-likeness (QED) is 0.170. The summed E-state index contributed by atoms with van der Waals surface area (Å²) in [6, 6.07) is 72.8. The lowest BCUT2D eigenvalue weighted by Crippen LogP contribution is -2.05. The third-order valence-electron chi connectivity index (χ3n) is 13.9. The van der Waals surface area contributed by atoms with Gasteiger partial charge in [-0.15, -0.1) is 0 Å². The van der Waals surface area contributed by atoms with E-state index in [0.717, 1.165) is 87.8 Å². The van der Waals surface area contributed by atoms with E-state index < -0.39 is 11.6 Å². The Morgan fingerprint density at radius 3 is 1.04 bits per heavy atom. The van der Waals surface area contributed by atoms with E-state index in [1.165, 1.54) is 29.0 Å². The van der Waals surface area contributed by atoms with E-state index in [0.29, 0.717) is 22.5 Å². The molecule has 4 aromatic heterocycles. The average molecular weight is 876 g/mol. The molecule has 0 radical (unpaired) electrons. The molecule has 5 nitrogen and oxygen atoms in total. The molecule has 0 unspecified atom stereocenters. The molecule has 14 rings (SSSR count). The van der Waals surface area contributed by atoms with E-state index >= 15 is 8.78 Å². The smallest absolute Gasteiger partial charge is 0.134 e. The maximum absolute atomic E-state index is 16.5. The lowest BCUT2D eigenvalue weighted by atomic mass is 9.98. The van der Waals surface area contributed by atoms with Crippen LogP contribution in [-0.4, -0.2) is 18.3 Å². The first-order chi connectivity index (χ1) is 33.6. The van der Waals surface area contributed by atoms with E-state index in [1.807, 2.05) is 36.4 Å². The number of rotatable bonds is 5. The highest BCUT2D eigenvalue weighted by Crippen LogP contribution is 2.44.